The minimum absolute atomic E-state index is 0.109. The fourth-order valence-electron chi connectivity index (χ4n) is 2.69. The lowest BCUT2D eigenvalue weighted by atomic mass is 10.0. The molecule has 2 N–H and O–H groups in total. The van der Waals surface area contributed by atoms with Crippen molar-refractivity contribution in [3.63, 3.8) is 0 Å². The van der Waals surface area contributed by atoms with Crippen LogP contribution in [0.2, 0.25) is 0 Å². The molecule has 2 amide bonds. The van der Waals surface area contributed by atoms with Crippen LogP contribution in [-0.4, -0.2) is 11.8 Å². The smallest absolute Gasteiger partial charge is 0.222 e. The maximum Gasteiger partial charge on any atom is 0.222 e. The van der Waals surface area contributed by atoms with Crippen LogP contribution >= 0.6 is 15.9 Å². The lowest BCUT2D eigenvalue weighted by molar-refractivity contribution is -0.123. The molecule has 0 saturated carbocycles. The number of hydrogen-bond acceptors (Lipinski definition) is 2. The average molecular weight is 403 g/mol. The van der Waals surface area contributed by atoms with Crippen LogP contribution in [0, 0.1) is 6.92 Å². The van der Waals surface area contributed by atoms with Gasteiger partial charge in [-0.15, -0.1) is 0 Å². The van der Waals surface area contributed by atoms with Gasteiger partial charge in [-0.3, -0.25) is 9.59 Å². The first kappa shape index (κ1) is 19.2. The molecule has 0 aromatic heterocycles. The number of hydrogen-bond donors (Lipinski definition) is 2. The third-order valence-corrected chi connectivity index (χ3v) is 4.72. The van der Waals surface area contributed by atoms with E-state index in [9.17, 15) is 9.59 Å². The number of aryl methyl sites for hydroxylation is 1. The van der Waals surface area contributed by atoms with Crippen molar-refractivity contribution in [1.29, 1.82) is 0 Å². The summed E-state index contributed by atoms with van der Waals surface area (Å²) < 4.78 is 0.958. The Bertz CT molecular complexity index is 744. The molecule has 2 atom stereocenters. The molecule has 0 heterocycles. The zero-order valence-electron chi connectivity index (χ0n) is 14.7. The highest BCUT2D eigenvalue weighted by atomic mass is 79.9. The Hall–Kier alpha value is -2.14. The predicted molar refractivity (Wildman–Crippen MR) is 103 cm³/mol. The van der Waals surface area contributed by atoms with Gasteiger partial charge in [-0.05, 0) is 31.0 Å². The highest BCUT2D eigenvalue weighted by Gasteiger charge is 2.19. The summed E-state index contributed by atoms with van der Waals surface area (Å²) in [4.78, 5) is 24.0. The Morgan fingerprint density at radius 1 is 1.04 bits per heavy atom. The van der Waals surface area contributed by atoms with Gasteiger partial charge < -0.3 is 10.6 Å². The molecule has 0 radical (unpaired) electrons. The third-order valence-electron chi connectivity index (χ3n) is 4.00. The van der Waals surface area contributed by atoms with Crippen molar-refractivity contribution in [3.05, 3.63) is 69.7 Å². The van der Waals surface area contributed by atoms with Crippen molar-refractivity contribution in [2.24, 2.45) is 0 Å². The van der Waals surface area contributed by atoms with Gasteiger partial charge in [-0.25, -0.2) is 0 Å². The van der Waals surface area contributed by atoms with Gasteiger partial charge in [0.2, 0.25) is 11.8 Å². The SMILES string of the molecule is CC(=O)NC(CC(=O)NC(C)c1ccccc1Br)c1ccc(C)cc1. The maximum atomic E-state index is 12.5. The molecule has 0 aliphatic carbocycles. The zero-order chi connectivity index (χ0) is 18.4. The second kappa shape index (κ2) is 8.81. The highest BCUT2D eigenvalue weighted by Crippen LogP contribution is 2.23. The molecule has 2 aromatic rings. The second-order valence-electron chi connectivity index (χ2n) is 6.18. The molecular formula is C20H23BrN2O2. The first-order valence-corrected chi connectivity index (χ1v) is 9.03. The van der Waals surface area contributed by atoms with Gasteiger partial charge in [0.25, 0.3) is 0 Å². The van der Waals surface area contributed by atoms with Gasteiger partial charge >= 0.3 is 0 Å². The second-order valence-corrected chi connectivity index (χ2v) is 7.03. The van der Waals surface area contributed by atoms with Crippen molar-refractivity contribution < 1.29 is 9.59 Å². The zero-order valence-corrected chi connectivity index (χ0v) is 16.3. The van der Waals surface area contributed by atoms with E-state index in [2.05, 4.69) is 26.6 Å². The summed E-state index contributed by atoms with van der Waals surface area (Å²) in [5.74, 6) is -0.264. The number of benzene rings is 2. The summed E-state index contributed by atoms with van der Waals surface area (Å²) in [6.45, 7) is 5.41. The standard InChI is InChI=1S/C20H23BrN2O2/c1-13-8-10-16(11-9-13)19(23-15(3)24)12-20(25)22-14(2)17-6-4-5-7-18(17)21/h4-11,14,19H,12H2,1-3H3,(H,22,25)(H,23,24). The van der Waals surface area contributed by atoms with E-state index in [0.717, 1.165) is 21.2 Å². The van der Waals surface area contributed by atoms with Crippen molar-refractivity contribution in [2.45, 2.75) is 39.3 Å². The van der Waals surface area contributed by atoms with Crippen molar-refractivity contribution in [1.82, 2.24) is 10.6 Å². The molecule has 0 aliphatic rings. The summed E-state index contributed by atoms with van der Waals surface area (Å²) in [6, 6.07) is 15.2. The van der Waals surface area contributed by atoms with E-state index in [4.69, 9.17) is 0 Å². The molecule has 25 heavy (non-hydrogen) atoms. The van der Waals surface area contributed by atoms with E-state index < -0.39 is 0 Å². The van der Waals surface area contributed by atoms with Gasteiger partial charge in [0.15, 0.2) is 0 Å². The molecule has 0 fully saturated rings. The number of amides is 2. The molecular weight excluding hydrogens is 380 g/mol. The number of carbonyl (C=O) groups excluding carboxylic acids is 2. The molecule has 5 heteroatoms. The minimum atomic E-state index is -0.343. The lowest BCUT2D eigenvalue weighted by Gasteiger charge is -2.21. The molecule has 0 saturated heterocycles. The number of halogens is 1. The van der Waals surface area contributed by atoms with E-state index in [1.54, 1.807) is 0 Å². The van der Waals surface area contributed by atoms with Crippen LogP contribution in [0.1, 0.15) is 49.0 Å². The normalized spacial score (nSPS) is 13.0. The van der Waals surface area contributed by atoms with Crippen LogP contribution in [-0.2, 0) is 9.59 Å². The molecule has 2 rings (SSSR count). The fourth-order valence-corrected chi connectivity index (χ4v) is 3.31. The van der Waals surface area contributed by atoms with Crippen LogP contribution in [0.3, 0.4) is 0 Å². The average Bonchev–Trinajstić information content (AvgIpc) is 2.54. The maximum absolute atomic E-state index is 12.5. The van der Waals surface area contributed by atoms with E-state index in [0.29, 0.717) is 0 Å². The molecule has 2 aromatic carbocycles. The monoisotopic (exact) mass is 402 g/mol. The molecule has 4 nitrogen and oxygen atoms in total. The van der Waals surface area contributed by atoms with E-state index in [1.165, 1.54) is 6.92 Å². The summed E-state index contributed by atoms with van der Waals surface area (Å²) in [7, 11) is 0. The molecule has 0 aliphatic heterocycles. The quantitative estimate of drug-likeness (QED) is 0.760. The Kier molecular flexibility index (Phi) is 6.76. The topological polar surface area (TPSA) is 58.2 Å². The summed E-state index contributed by atoms with van der Waals surface area (Å²) in [6.07, 6.45) is 0.192. The van der Waals surface area contributed by atoms with Crippen LogP contribution < -0.4 is 10.6 Å². The van der Waals surface area contributed by atoms with Gasteiger partial charge in [0.1, 0.15) is 0 Å². The lowest BCUT2D eigenvalue weighted by Crippen LogP contribution is -2.33. The molecule has 0 bridgehead atoms. The Balaban J connectivity index is 2.07. The van der Waals surface area contributed by atoms with Crippen molar-refractivity contribution in [2.75, 3.05) is 0 Å². The molecule has 2 unspecified atom stereocenters. The molecule has 132 valence electrons. The van der Waals surface area contributed by atoms with Crippen LogP contribution in [0.15, 0.2) is 53.0 Å². The molecule has 0 spiro atoms. The number of rotatable bonds is 6. The minimum Gasteiger partial charge on any atom is -0.349 e. The van der Waals surface area contributed by atoms with Crippen LogP contribution in [0.25, 0.3) is 0 Å². The number of nitrogens with one attached hydrogen (secondary N) is 2. The first-order chi connectivity index (χ1) is 11.9. The summed E-state index contributed by atoms with van der Waals surface area (Å²) in [5, 5.41) is 5.86. The van der Waals surface area contributed by atoms with Crippen LogP contribution in [0.5, 0.6) is 0 Å². The van der Waals surface area contributed by atoms with Gasteiger partial charge in [-0.2, -0.15) is 0 Å². The Morgan fingerprint density at radius 2 is 1.68 bits per heavy atom. The third kappa shape index (κ3) is 5.71. The van der Waals surface area contributed by atoms with E-state index in [-0.39, 0.29) is 30.3 Å². The Morgan fingerprint density at radius 3 is 2.28 bits per heavy atom. The predicted octanol–water partition coefficient (Wildman–Crippen LogP) is 4.20. The highest BCUT2D eigenvalue weighted by molar-refractivity contribution is 9.10. The van der Waals surface area contributed by atoms with Crippen molar-refractivity contribution in [3.8, 4) is 0 Å². The summed E-state index contributed by atoms with van der Waals surface area (Å²) in [5.41, 5.74) is 3.07. The van der Waals surface area contributed by atoms with Gasteiger partial charge in [0.05, 0.1) is 18.5 Å². The Labute approximate surface area is 157 Å². The van der Waals surface area contributed by atoms with Crippen LogP contribution in [0.4, 0.5) is 0 Å². The van der Waals surface area contributed by atoms with Crippen molar-refractivity contribution >= 4 is 27.7 Å². The largest absolute Gasteiger partial charge is 0.349 e. The summed E-state index contributed by atoms with van der Waals surface area (Å²) >= 11 is 3.51. The first-order valence-electron chi connectivity index (χ1n) is 8.24. The van der Waals surface area contributed by atoms with E-state index in [1.807, 2.05) is 62.4 Å². The van der Waals surface area contributed by atoms with Gasteiger partial charge in [0, 0.05) is 11.4 Å². The fraction of sp³-hybridized carbons (Fsp3) is 0.300. The van der Waals surface area contributed by atoms with E-state index >= 15 is 0 Å². The van der Waals surface area contributed by atoms with Gasteiger partial charge in [-0.1, -0.05) is 64.0 Å². The number of carbonyl (C=O) groups is 2.